The lowest BCUT2D eigenvalue weighted by molar-refractivity contribution is -0.139. The van der Waals surface area contributed by atoms with Crippen LogP contribution in [0, 0.1) is 5.82 Å². The van der Waals surface area contributed by atoms with Crippen molar-refractivity contribution in [3.63, 3.8) is 0 Å². The third-order valence-corrected chi connectivity index (χ3v) is 4.61. The summed E-state index contributed by atoms with van der Waals surface area (Å²) in [5.74, 6) is -2.22. The number of rotatable bonds is 5. The van der Waals surface area contributed by atoms with E-state index in [1.54, 1.807) is 29.8 Å². The zero-order chi connectivity index (χ0) is 15.7. The monoisotopic (exact) mass is 317 g/mol. The first-order chi connectivity index (χ1) is 10.6. The van der Waals surface area contributed by atoms with E-state index >= 15 is 0 Å². The molecule has 2 heterocycles. The minimum Gasteiger partial charge on any atom is -0.481 e. The molecular weight excluding hydrogens is 305 g/mol. The smallest absolute Gasteiger partial charge is 0.312 e. The van der Waals surface area contributed by atoms with Crippen LogP contribution >= 0.6 is 11.3 Å². The van der Waals surface area contributed by atoms with E-state index in [9.17, 15) is 19.1 Å². The topological polar surface area (TPSA) is 70.2 Å². The number of thiophene rings is 1. The molecule has 2 N–H and O–H groups in total. The predicted molar refractivity (Wildman–Crippen MR) is 82.6 cm³/mol. The van der Waals surface area contributed by atoms with Crippen molar-refractivity contribution in [2.45, 2.75) is 12.3 Å². The van der Waals surface area contributed by atoms with Crippen LogP contribution in [-0.4, -0.2) is 22.3 Å². The van der Waals surface area contributed by atoms with Crippen molar-refractivity contribution < 1.29 is 19.1 Å². The largest absolute Gasteiger partial charge is 0.481 e. The molecule has 1 unspecified atom stereocenters. The molecule has 0 radical (unpaired) electrons. The Bertz CT molecular complexity index is 852. The van der Waals surface area contributed by atoms with Crippen LogP contribution < -0.4 is 0 Å². The lowest BCUT2D eigenvalue weighted by Gasteiger charge is -2.05. The highest BCUT2D eigenvalue weighted by atomic mass is 32.1. The fraction of sp³-hybridized carbons (Fsp3) is 0.125. The van der Waals surface area contributed by atoms with Gasteiger partial charge in [-0.25, -0.2) is 4.39 Å². The van der Waals surface area contributed by atoms with E-state index in [1.807, 2.05) is 0 Å². The van der Waals surface area contributed by atoms with Crippen LogP contribution in [0.4, 0.5) is 4.39 Å². The Balaban J connectivity index is 2.06. The van der Waals surface area contributed by atoms with Gasteiger partial charge in [0, 0.05) is 34.0 Å². The molecule has 4 nitrogen and oxygen atoms in total. The number of aromatic amines is 1. The van der Waals surface area contributed by atoms with E-state index in [-0.39, 0.29) is 12.2 Å². The Labute approximate surface area is 129 Å². The number of carboxylic acid groups (broad SMARTS) is 1. The van der Waals surface area contributed by atoms with Gasteiger partial charge in [-0.3, -0.25) is 4.79 Å². The number of halogens is 1. The summed E-state index contributed by atoms with van der Waals surface area (Å²) in [5.41, 5.74) is 2.12. The van der Waals surface area contributed by atoms with Gasteiger partial charge in [0.2, 0.25) is 0 Å². The normalized spacial score (nSPS) is 12.4. The molecule has 0 saturated heterocycles. The molecule has 1 aromatic carbocycles. The van der Waals surface area contributed by atoms with E-state index < -0.39 is 11.9 Å². The third-order valence-electron chi connectivity index (χ3n) is 3.56. The average Bonchev–Trinajstić information content (AvgIpc) is 3.11. The number of hydrogen-bond acceptors (Lipinski definition) is 3. The maximum absolute atomic E-state index is 14.0. The first kappa shape index (κ1) is 14.5. The Morgan fingerprint density at radius 2 is 2.27 bits per heavy atom. The van der Waals surface area contributed by atoms with Gasteiger partial charge in [0.05, 0.1) is 5.92 Å². The molecule has 0 saturated carbocycles. The molecular formula is C16H12FNO3S. The standard InChI is InChI=1S/C16H12FNO3S/c17-12-2-1-3-13-15(12)11(7-18-13)9-6-14(22-8-9)10(4-5-19)16(20)21/h1-3,5-8,10,18H,4H2,(H,20,21). The molecule has 112 valence electrons. The van der Waals surface area contributed by atoms with Gasteiger partial charge in [-0.15, -0.1) is 11.3 Å². The number of aldehydes is 1. The highest BCUT2D eigenvalue weighted by Gasteiger charge is 2.22. The summed E-state index contributed by atoms with van der Waals surface area (Å²) in [7, 11) is 0. The predicted octanol–water partition coefficient (Wildman–Crippen LogP) is 3.79. The lowest BCUT2D eigenvalue weighted by Crippen LogP contribution is -2.10. The number of carbonyl (C=O) groups excluding carboxylic acids is 1. The first-order valence-electron chi connectivity index (χ1n) is 6.62. The number of carboxylic acids is 1. The summed E-state index contributed by atoms with van der Waals surface area (Å²) in [6.45, 7) is 0. The summed E-state index contributed by atoms with van der Waals surface area (Å²) in [6, 6.07) is 6.50. The van der Waals surface area contributed by atoms with Gasteiger partial charge in [0.1, 0.15) is 12.1 Å². The molecule has 22 heavy (non-hydrogen) atoms. The molecule has 0 aliphatic carbocycles. The van der Waals surface area contributed by atoms with Crippen LogP contribution in [0.3, 0.4) is 0 Å². The van der Waals surface area contributed by atoms with Gasteiger partial charge in [-0.2, -0.15) is 0 Å². The third kappa shape index (κ3) is 2.42. The summed E-state index contributed by atoms with van der Waals surface area (Å²) >= 11 is 1.26. The van der Waals surface area contributed by atoms with E-state index in [4.69, 9.17) is 0 Å². The summed E-state index contributed by atoms with van der Waals surface area (Å²) < 4.78 is 14.0. The molecule has 6 heteroatoms. The van der Waals surface area contributed by atoms with Crippen LogP contribution in [0.1, 0.15) is 17.2 Å². The zero-order valence-corrected chi connectivity index (χ0v) is 12.2. The Morgan fingerprint density at radius 3 is 3.00 bits per heavy atom. The fourth-order valence-corrected chi connectivity index (χ4v) is 3.49. The van der Waals surface area contributed by atoms with Crippen LogP contribution in [0.15, 0.2) is 35.8 Å². The molecule has 0 bridgehead atoms. The maximum atomic E-state index is 14.0. The van der Waals surface area contributed by atoms with Crippen molar-refractivity contribution in [1.29, 1.82) is 0 Å². The summed E-state index contributed by atoms with van der Waals surface area (Å²) in [6.07, 6.45) is 2.23. The van der Waals surface area contributed by atoms with Crippen molar-refractivity contribution in [2.24, 2.45) is 0 Å². The van der Waals surface area contributed by atoms with Crippen LogP contribution in [0.2, 0.25) is 0 Å². The van der Waals surface area contributed by atoms with Crippen molar-refractivity contribution in [3.8, 4) is 11.1 Å². The molecule has 0 aliphatic rings. The Hall–Kier alpha value is -2.47. The zero-order valence-electron chi connectivity index (χ0n) is 11.4. The number of nitrogens with one attached hydrogen (secondary N) is 1. The van der Waals surface area contributed by atoms with Crippen molar-refractivity contribution in [2.75, 3.05) is 0 Å². The Morgan fingerprint density at radius 1 is 1.45 bits per heavy atom. The second-order valence-corrected chi connectivity index (χ2v) is 5.84. The van der Waals surface area contributed by atoms with Gasteiger partial charge >= 0.3 is 5.97 Å². The van der Waals surface area contributed by atoms with Gasteiger partial charge < -0.3 is 14.9 Å². The second-order valence-electron chi connectivity index (χ2n) is 4.90. The van der Waals surface area contributed by atoms with E-state index in [1.165, 1.54) is 17.4 Å². The first-order valence-corrected chi connectivity index (χ1v) is 7.50. The molecule has 2 aromatic heterocycles. The SMILES string of the molecule is O=CCC(C(=O)O)c1cc(-c2c[nH]c3cccc(F)c23)cs1. The highest BCUT2D eigenvalue weighted by Crippen LogP contribution is 2.36. The average molecular weight is 317 g/mol. The minimum atomic E-state index is -1.04. The van der Waals surface area contributed by atoms with Crippen molar-refractivity contribution in [3.05, 3.63) is 46.5 Å². The van der Waals surface area contributed by atoms with Crippen molar-refractivity contribution >= 4 is 34.5 Å². The number of aliphatic carboxylic acids is 1. The maximum Gasteiger partial charge on any atom is 0.312 e. The van der Waals surface area contributed by atoms with Crippen LogP contribution in [-0.2, 0) is 9.59 Å². The number of carbonyl (C=O) groups is 2. The second kappa shape index (κ2) is 5.73. The lowest BCUT2D eigenvalue weighted by atomic mass is 10.0. The number of fused-ring (bicyclic) bond motifs is 1. The van der Waals surface area contributed by atoms with Crippen LogP contribution in [0.25, 0.3) is 22.0 Å². The molecule has 0 spiro atoms. The van der Waals surface area contributed by atoms with Gasteiger partial charge in [-0.1, -0.05) is 6.07 Å². The Kier molecular flexibility index (Phi) is 3.77. The number of benzene rings is 1. The van der Waals surface area contributed by atoms with Crippen molar-refractivity contribution in [1.82, 2.24) is 4.98 Å². The van der Waals surface area contributed by atoms with Gasteiger partial charge in [-0.05, 0) is 29.1 Å². The van der Waals surface area contributed by atoms with Gasteiger partial charge in [0.15, 0.2) is 0 Å². The molecule has 3 aromatic rings. The number of H-pyrrole nitrogens is 1. The van der Waals surface area contributed by atoms with E-state index in [0.717, 1.165) is 5.56 Å². The summed E-state index contributed by atoms with van der Waals surface area (Å²) in [5, 5.41) is 11.5. The fourth-order valence-electron chi connectivity index (χ4n) is 2.48. The van der Waals surface area contributed by atoms with E-state index in [0.29, 0.717) is 27.6 Å². The quantitative estimate of drug-likeness (QED) is 0.703. The molecule has 3 rings (SSSR count). The van der Waals surface area contributed by atoms with Gasteiger partial charge in [0.25, 0.3) is 0 Å². The van der Waals surface area contributed by atoms with Crippen LogP contribution in [0.5, 0.6) is 0 Å². The van der Waals surface area contributed by atoms with E-state index in [2.05, 4.69) is 4.98 Å². The molecule has 0 aliphatic heterocycles. The number of aromatic nitrogens is 1. The highest BCUT2D eigenvalue weighted by molar-refractivity contribution is 7.10. The molecule has 0 amide bonds. The minimum absolute atomic E-state index is 0.0719. The number of hydrogen-bond donors (Lipinski definition) is 2. The molecule has 0 fully saturated rings. The summed E-state index contributed by atoms with van der Waals surface area (Å²) in [4.78, 5) is 25.5. The molecule has 1 atom stereocenters.